The van der Waals surface area contributed by atoms with E-state index in [1.165, 1.54) is 12.5 Å². The van der Waals surface area contributed by atoms with Gasteiger partial charge in [-0.15, -0.1) is 0 Å². The van der Waals surface area contributed by atoms with Crippen molar-refractivity contribution in [2.75, 3.05) is 44.2 Å². The second kappa shape index (κ2) is 13.2. The molecule has 0 amide bonds. The molecular formula is C31H44FN5O2. The number of aliphatic carboxylic acids is 1. The Hall–Kier alpha value is -2.58. The van der Waals surface area contributed by atoms with Crippen molar-refractivity contribution >= 4 is 11.9 Å². The lowest BCUT2D eigenvalue weighted by molar-refractivity contribution is -0.139. The molecule has 1 aromatic carbocycles. The molecule has 2 aliphatic heterocycles. The highest BCUT2D eigenvalue weighted by atomic mass is 19.1. The van der Waals surface area contributed by atoms with Crippen LogP contribution in [0.25, 0.3) is 0 Å². The van der Waals surface area contributed by atoms with Crippen molar-refractivity contribution in [1.29, 1.82) is 0 Å². The summed E-state index contributed by atoms with van der Waals surface area (Å²) in [5.74, 6) is 0.846. The molecule has 0 radical (unpaired) electrons. The van der Waals surface area contributed by atoms with E-state index < -0.39 is 5.97 Å². The topological polar surface area (TPSA) is 72.8 Å². The summed E-state index contributed by atoms with van der Waals surface area (Å²) in [5.41, 5.74) is 1.08. The minimum Gasteiger partial charge on any atom is -0.481 e. The summed E-state index contributed by atoms with van der Waals surface area (Å²) in [6, 6.07) is 9.78. The molecule has 1 N–H and O–H groups in total. The Morgan fingerprint density at radius 1 is 1.05 bits per heavy atom. The second-order valence-corrected chi connectivity index (χ2v) is 11.9. The monoisotopic (exact) mass is 537 g/mol. The summed E-state index contributed by atoms with van der Waals surface area (Å²) in [6.45, 7) is 8.09. The number of carbonyl (C=O) groups is 1. The first-order valence-corrected chi connectivity index (χ1v) is 15.0. The second-order valence-electron chi connectivity index (χ2n) is 11.9. The number of carboxylic acid groups (broad SMARTS) is 1. The number of hydrogen-bond donors (Lipinski definition) is 1. The lowest BCUT2D eigenvalue weighted by Crippen LogP contribution is -2.47. The zero-order valence-electron chi connectivity index (χ0n) is 23.3. The van der Waals surface area contributed by atoms with Crippen molar-refractivity contribution in [2.45, 2.75) is 76.3 Å². The average molecular weight is 538 g/mol. The van der Waals surface area contributed by atoms with Gasteiger partial charge < -0.3 is 14.9 Å². The maximum Gasteiger partial charge on any atom is 0.303 e. The van der Waals surface area contributed by atoms with Crippen LogP contribution in [0.5, 0.6) is 0 Å². The molecule has 1 aliphatic carbocycles. The fourth-order valence-electron chi connectivity index (χ4n) is 7.48. The van der Waals surface area contributed by atoms with Gasteiger partial charge in [0.1, 0.15) is 5.82 Å². The van der Waals surface area contributed by atoms with E-state index in [1.807, 2.05) is 24.5 Å². The number of carboxylic acids is 1. The van der Waals surface area contributed by atoms with Gasteiger partial charge in [-0.3, -0.25) is 9.69 Å². The van der Waals surface area contributed by atoms with Gasteiger partial charge in [0.2, 0.25) is 5.95 Å². The number of aromatic nitrogens is 2. The van der Waals surface area contributed by atoms with Crippen molar-refractivity contribution < 1.29 is 14.3 Å². The van der Waals surface area contributed by atoms with Crippen LogP contribution in [0.3, 0.4) is 0 Å². The molecule has 212 valence electrons. The number of likely N-dealkylation sites (tertiary alicyclic amines) is 2. The van der Waals surface area contributed by atoms with Gasteiger partial charge in [-0.25, -0.2) is 14.4 Å². The molecule has 1 saturated carbocycles. The van der Waals surface area contributed by atoms with Crippen molar-refractivity contribution in [3.8, 4) is 0 Å². The number of hydrogen-bond acceptors (Lipinski definition) is 6. The summed E-state index contributed by atoms with van der Waals surface area (Å²) in [4.78, 5) is 28.2. The predicted molar refractivity (Wildman–Crippen MR) is 151 cm³/mol. The van der Waals surface area contributed by atoms with Crippen LogP contribution in [0.1, 0.15) is 69.8 Å². The Morgan fingerprint density at radius 3 is 2.54 bits per heavy atom. The van der Waals surface area contributed by atoms with Crippen LogP contribution < -0.4 is 4.90 Å². The zero-order chi connectivity index (χ0) is 27.2. The molecular weight excluding hydrogens is 493 g/mol. The standard InChI is InChI=1S/C31H44FN5O2/c1-2-15-37(31-33-13-6-14-34-31)27-11-16-35(17-12-27)20-25-21-36(22-28(25)23-8-5-9-26(32)18-23)29-10-4-3-7-24(29)19-30(38)39/h5-6,8-9,13-14,18,24-25,27-29H,2-4,7,10-12,15-17,19-22H2,1H3,(H,38,39)/t24?,25-,28+,29+/m0/s1. The molecule has 1 unspecified atom stereocenters. The Kier molecular flexibility index (Phi) is 9.45. The molecule has 8 heteroatoms. The third-order valence-corrected chi connectivity index (χ3v) is 9.28. The quantitative estimate of drug-likeness (QED) is 0.455. The Morgan fingerprint density at radius 2 is 1.82 bits per heavy atom. The van der Waals surface area contributed by atoms with E-state index in [9.17, 15) is 14.3 Å². The number of halogens is 1. The van der Waals surface area contributed by atoms with E-state index in [2.05, 4.69) is 37.7 Å². The molecule has 0 spiro atoms. The van der Waals surface area contributed by atoms with Crippen molar-refractivity contribution in [3.63, 3.8) is 0 Å². The van der Waals surface area contributed by atoms with E-state index in [0.29, 0.717) is 18.0 Å². The first-order chi connectivity index (χ1) is 19.0. The summed E-state index contributed by atoms with van der Waals surface area (Å²) < 4.78 is 14.3. The normalized spacial score (nSPS) is 27.0. The van der Waals surface area contributed by atoms with Crippen molar-refractivity contribution in [2.24, 2.45) is 11.8 Å². The van der Waals surface area contributed by atoms with Crippen LogP contribution in [0.2, 0.25) is 0 Å². The van der Waals surface area contributed by atoms with Crippen molar-refractivity contribution in [3.05, 3.63) is 54.1 Å². The Balaban J connectivity index is 1.27. The molecule has 4 atom stereocenters. The minimum absolute atomic E-state index is 0.175. The fraction of sp³-hybridized carbons (Fsp3) is 0.645. The molecule has 2 saturated heterocycles. The molecule has 39 heavy (non-hydrogen) atoms. The lowest BCUT2D eigenvalue weighted by atomic mass is 9.81. The molecule has 7 nitrogen and oxygen atoms in total. The SMILES string of the molecule is CCCN(c1ncccn1)C1CCN(C[C@H]2CN([C@@H]3CCCCC3CC(=O)O)C[C@@H]2c2cccc(F)c2)CC1. The maximum absolute atomic E-state index is 14.3. The zero-order valence-corrected chi connectivity index (χ0v) is 23.3. The van der Waals surface area contributed by atoms with Gasteiger partial charge in [-0.2, -0.15) is 0 Å². The van der Waals surface area contributed by atoms with Crippen LogP contribution in [0.15, 0.2) is 42.7 Å². The number of piperidine rings is 1. The fourth-order valence-corrected chi connectivity index (χ4v) is 7.48. The van der Waals surface area contributed by atoms with E-state index in [1.54, 1.807) is 6.07 Å². The van der Waals surface area contributed by atoms with Gasteiger partial charge in [-0.05, 0) is 67.7 Å². The third kappa shape index (κ3) is 6.95. The maximum atomic E-state index is 14.3. The van der Waals surface area contributed by atoms with Gasteiger partial charge in [0.25, 0.3) is 0 Å². The largest absolute Gasteiger partial charge is 0.481 e. The van der Waals surface area contributed by atoms with E-state index in [4.69, 9.17) is 0 Å². The molecule has 0 bridgehead atoms. The summed E-state index contributed by atoms with van der Waals surface area (Å²) >= 11 is 0. The van der Waals surface area contributed by atoms with Gasteiger partial charge in [0.15, 0.2) is 0 Å². The van der Waals surface area contributed by atoms with Crippen molar-refractivity contribution in [1.82, 2.24) is 19.8 Å². The first-order valence-electron chi connectivity index (χ1n) is 15.0. The number of nitrogens with zero attached hydrogens (tertiary/aromatic N) is 5. The van der Waals surface area contributed by atoms with E-state index in [0.717, 1.165) is 89.3 Å². The number of rotatable bonds is 10. The van der Waals surface area contributed by atoms with Crippen LogP contribution in [-0.2, 0) is 4.79 Å². The van der Waals surface area contributed by atoms with Crippen LogP contribution in [0, 0.1) is 17.7 Å². The molecule has 5 rings (SSSR count). The predicted octanol–water partition coefficient (Wildman–Crippen LogP) is 5.05. The van der Waals surface area contributed by atoms with E-state index >= 15 is 0 Å². The summed E-state index contributed by atoms with van der Waals surface area (Å²) in [5, 5.41) is 9.54. The van der Waals surface area contributed by atoms with Gasteiger partial charge in [-0.1, -0.05) is 31.9 Å². The summed E-state index contributed by atoms with van der Waals surface area (Å²) in [7, 11) is 0. The number of benzene rings is 1. The minimum atomic E-state index is -0.690. The van der Waals surface area contributed by atoms with Gasteiger partial charge in [0, 0.05) is 76.1 Å². The molecule has 3 aliphatic rings. The summed E-state index contributed by atoms with van der Waals surface area (Å²) in [6.07, 6.45) is 11.5. The smallest absolute Gasteiger partial charge is 0.303 e. The van der Waals surface area contributed by atoms with Gasteiger partial charge in [0.05, 0.1) is 0 Å². The Labute approximate surface area is 232 Å². The lowest BCUT2D eigenvalue weighted by Gasteiger charge is -2.40. The average Bonchev–Trinajstić information content (AvgIpc) is 3.36. The Bertz CT molecular complexity index is 1060. The first kappa shape index (κ1) is 28.0. The molecule has 3 fully saturated rings. The van der Waals surface area contributed by atoms with Gasteiger partial charge >= 0.3 is 5.97 Å². The van der Waals surface area contributed by atoms with Crippen LogP contribution in [0.4, 0.5) is 10.3 Å². The molecule has 1 aromatic heterocycles. The third-order valence-electron chi connectivity index (χ3n) is 9.28. The highest BCUT2D eigenvalue weighted by Gasteiger charge is 2.41. The molecule has 3 heterocycles. The van der Waals surface area contributed by atoms with E-state index in [-0.39, 0.29) is 24.1 Å². The highest BCUT2D eigenvalue weighted by Crippen LogP contribution is 2.40. The molecule has 2 aromatic rings. The number of anilines is 1. The van der Waals surface area contributed by atoms with Crippen LogP contribution in [-0.4, -0.2) is 82.2 Å². The highest BCUT2D eigenvalue weighted by molar-refractivity contribution is 5.67. The van der Waals surface area contributed by atoms with Crippen LogP contribution >= 0.6 is 0 Å².